The Balaban J connectivity index is 1.41. The van der Waals surface area contributed by atoms with Gasteiger partial charge in [-0.05, 0) is 27.8 Å². The molecule has 5 aromatic rings. The Kier molecular flexibility index (Phi) is 11.5. The lowest BCUT2D eigenvalue weighted by atomic mass is 9.99. The molecule has 0 aliphatic carbocycles. The van der Waals surface area contributed by atoms with Gasteiger partial charge in [0.25, 0.3) is 0 Å². The van der Waals surface area contributed by atoms with E-state index in [1.807, 2.05) is 152 Å². The van der Waals surface area contributed by atoms with Crippen LogP contribution in [-0.2, 0) is 34.3 Å². The number of nitrogens with zero attached hydrogens (tertiary/aromatic N) is 3. The van der Waals surface area contributed by atoms with Crippen LogP contribution in [0.1, 0.15) is 40.7 Å². The van der Waals surface area contributed by atoms with Crippen LogP contribution in [0.3, 0.4) is 0 Å². The second-order valence-corrected chi connectivity index (χ2v) is 10.1. The Bertz CT molecular complexity index is 1520. The fraction of sp³-hybridized carbons (Fsp3) is 0.132. The Morgan fingerprint density at radius 2 is 0.659 bits per heavy atom. The van der Waals surface area contributed by atoms with Crippen molar-refractivity contribution in [3.63, 3.8) is 0 Å². The summed E-state index contributed by atoms with van der Waals surface area (Å²) in [6, 6.07) is 49.9. The van der Waals surface area contributed by atoms with Gasteiger partial charge in [-0.1, -0.05) is 167 Å². The van der Waals surface area contributed by atoms with E-state index < -0.39 is 0 Å². The number of hydrogen-bond acceptors (Lipinski definition) is 6. The molecule has 0 aliphatic rings. The minimum atomic E-state index is 0.342. The summed E-state index contributed by atoms with van der Waals surface area (Å²) in [5.41, 5.74) is 7.20. The summed E-state index contributed by atoms with van der Waals surface area (Å²) in [7, 11) is 0. The summed E-state index contributed by atoms with van der Waals surface area (Å²) >= 11 is 0. The molecule has 44 heavy (non-hydrogen) atoms. The molecule has 5 aromatic carbocycles. The first-order chi connectivity index (χ1) is 21.8. The smallest absolute Gasteiger partial charge is 0.142 e. The van der Waals surface area contributed by atoms with Crippen molar-refractivity contribution in [2.24, 2.45) is 15.5 Å². The van der Waals surface area contributed by atoms with Gasteiger partial charge in [-0.3, -0.25) is 0 Å². The molecule has 0 aromatic heterocycles. The summed E-state index contributed by atoms with van der Waals surface area (Å²) in [5.74, 6) is 0. The van der Waals surface area contributed by atoms with Crippen molar-refractivity contribution < 1.29 is 14.5 Å². The van der Waals surface area contributed by atoms with Crippen LogP contribution in [0.5, 0.6) is 0 Å². The largest absolute Gasteiger partial charge is 0.391 e. The minimum Gasteiger partial charge on any atom is -0.391 e. The van der Waals surface area contributed by atoms with Crippen LogP contribution in [0.2, 0.25) is 0 Å². The Morgan fingerprint density at radius 1 is 0.364 bits per heavy atom. The zero-order valence-electron chi connectivity index (χ0n) is 24.5. The maximum Gasteiger partial charge on any atom is 0.142 e. The van der Waals surface area contributed by atoms with E-state index in [9.17, 15) is 0 Å². The van der Waals surface area contributed by atoms with Crippen LogP contribution in [0.15, 0.2) is 167 Å². The predicted molar refractivity (Wildman–Crippen MR) is 176 cm³/mol. The number of benzene rings is 5. The maximum atomic E-state index is 5.90. The van der Waals surface area contributed by atoms with Gasteiger partial charge in [0.05, 0.1) is 17.1 Å². The summed E-state index contributed by atoms with van der Waals surface area (Å²) in [6.07, 6.45) is 0.774. The molecule has 0 amide bonds. The summed E-state index contributed by atoms with van der Waals surface area (Å²) < 4.78 is 0. The zero-order chi connectivity index (χ0) is 30.1. The van der Waals surface area contributed by atoms with Crippen molar-refractivity contribution in [1.82, 2.24) is 0 Å². The molecule has 0 atom stereocenters. The highest BCUT2D eigenvalue weighted by molar-refractivity contribution is 6.19. The molecule has 0 unspecified atom stereocenters. The minimum absolute atomic E-state index is 0.342. The molecule has 0 fully saturated rings. The van der Waals surface area contributed by atoms with Gasteiger partial charge in [0.15, 0.2) is 0 Å². The van der Waals surface area contributed by atoms with E-state index in [-0.39, 0.29) is 0 Å². The molecule has 0 radical (unpaired) electrons. The van der Waals surface area contributed by atoms with Crippen molar-refractivity contribution in [3.05, 3.63) is 179 Å². The number of oxime groups is 3. The maximum absolute atomic E-state index is 5.90. The molecule has 220 valence electrons. The molecule has 0 bridgehead atoms. The molecular weight excluding hydrogens is 546 g/mol. The van der Waals surface area contributed by atoms with Crippen molar-refractivity contribution in [2.75, 3.05) is 0 Å². The molecule has 6 heteroatoms. The summed E-state index contributed by atoms with van der Waals surface area (Å²) in [5, 5.41) is 13.8. The van der Waals surface area contributed by atoms with Crippen LogP contribution in [0.25, 0.3) is 0 Å². The second-order valence-electron chi connectivity index (χ2n) is 10.1. The Labute approximate surface area is 258 Å². The average Bonchev–Trinajstić information content (AvgIpc) is 3.09. The zero-order valence-corrected chi connectivity index (χ0v) is 24.5. The van der Waals surface area contributed by atoms with Crippen LogP contribution >= 0.6 is 0 Å². The predicted octanol–water partition coefficient (Wildman–Crippen LogP) is 8.58. The Morgan fingerprint density at radius 3 is 1.00 bits per heavy atom. The molecule has 0 aliphatic heterocycles. The standard InChI is InChI=1S/C38H35N3O3/c1-6-16-31(17-7-1)28-42-39-36(26-37(34-22-12-4-13-23-34)40-43-29-32-18-8-2-9-19-32)27-38(35-24-14-5-15-25-35)41-44-30-33-20-10-3-11-21-33/h1-25H,26-30H2/b40-37+,41-38+. The highest BCUT2D eigenvalue weighted by Gasteiger charge is 2.16. The molecule has 6 nitrogen and oxygen atoms in total. The van der Waals surface area contributed by atoms with E-state index in [2.05, 4.69) is 15.5 Å². The van der Waals surface area contributed by atoms with Gasteiger partial charge in [-0.15, -0.1) is 0 Å². The lowest BCUT2D eigenvalue weighted by Crippen LogP contribution is -2.16. The quantitative estimate of drug-likeness (QED) is 0.0919. The monoisotopic (exact) mass is 581 g/mol. The van der Waals surface area contributed by atoms with Crippen LogP contribution < -0.4 is 0 Å². The third-order valence-corrected chi connectivity index (χ3v) is 6.72. The number of rotatable bonds is 15. The molecule has 0 saturated carbocycles. The number of hydrogen-bond donors (Lipinski definition) is 0. The highest BCUT2D eigenvalue weighted by Crippen LogP contribution is 2.15. The lowest BCUT2D eigenvalue weighted by Gasteiger charge is -2.12. The van der Waals surface area contributed by atoms with Gasteiger partial charge >= 0.3 is 0 Å². The third kappa shape index (κ3) is 9.81. The van der Waals surface area contributed by atoms with E-state index >= 15 is 0 Å². The van der Waals surface area contributed by atoms with Crippen LogP contribution in [0, 0.1) is 0 Å². The average molecular weight is 582 g/mol. The van der Waals surface area contributed by atoms with Gasteiger partial charge in [-0.25, -0.2) is 0 Å². The normalized spacial score (nSPS) is 11.5. The van der Waals surface area contributed by atoms with Gasteiger partial charge in [0, 0.05) is 12.8 Å². The first-order valence-electron chi connectivity index (χ1n) is 14.6. The van der Waals surface area contributed by atoms with Gasteiger partial charge in [0.2, 0.25) is 0 Å². The van der Waals surface area contributed by atoms with Crippen molar-refractivity contribution >= 4 is 17.1 Å². The van der Waals surface area contributed by atoms with Gasteiger partial charge < -0.3 is 14.5 Å². The topological polar surface area (TPSA) is 64.8 Å². The van der Waals surface area contributed by atoms with E-state index in [0.29, 0.717) is 32.7 Å². The van der Waals surface area contributed by atoms with E-state index in [1.54, 1.807) is 0 Å². The molecular formula is C38H35N3O3. The fourth-order valence-electron chi connectivity index (χ4n) is 4.44. The first kappa shape index (κ1) is 30.0. The van der Waals surface area contributed by atoms with E-state index in [0.717, 1.165) is 45.0 Å². The van der Waals surface area contributed by atoms with E-state index in [1.165, 1.54) is 0 Å². The van der Waals surface area contributed by atoms with Crippen molar-refractivity contribution in [1.29, 1.82) is 0 Å². The SMILES string of the molecule is c1ccc(CON=C(C/C(=N\OCc2ccccc2)c2ccccc2)C/C(=N\OCc2ccccc2)c2ccccc2)cc1. The Hall–Kier alpha value is -5.49. The molecule has 0 spiro atoms. The first-order valence-corrected chi connectivity index (χ1v) is 14.6. The summed E-state index contributed by atoms with van der Waals surface area (Å²) in [6.45, 7) is 1.06. The fourth-order valence-corrected chi connectivity index (χ4v) is 4.44. The van der Waals surface area contributed by atoms with Crippen LogP contribution in [-0.4, -0.2) is 17.1 Å². The van der Waals surface area contributed by atoms with E-state index in [4.69, 9.17) is 14.5 Å². The lowest BCUT2D eigenvalue weighted by molar-refractivity contribution is 0.127. The van der Waals surface area contributed by atoms with Gasteiger partial charge in [0.1, 0.15) is 19.8 Å². The highest BCUT2D eigenvalue weighted by atomic mass is 16.6. The van der Waals surface area contributed by atoms with Crippen molar-refractivity contribution in [3.8, 4) is 0 Å². The van der Waals surface area contributed by atoms with Crippen molar-refractivity contribution in [2.45, 2.75) is 32.7 Å². The summed E-state index contributed by atoms with van der Waals surface area (Å²) in [4.78, 5) is 17.6. The second kappa shape index (κ2) is 16.8. The molecule has 5 rings (SSSR count). The molecule has 0 N–H and O–H groups in total. The third-order valence-electron chi connectivity index (χ3n) is 6.72. The van der Waals surface area contributed by atoms with Gasteiger partial charge in [-0.2, -0.15) is 0 Å². The molecule has 0 saturated heterocycles. The molecule has 0 heterocycles. The van der Waals surface area contributed by atoms with Crippen LogP contribution in [0.4, 0.5) is 0 Å².